The molecule has 1 heterocycles. The van der Waals surface area contributed by atoms with Gasteiger partial charge in [-0.1, -0.05) is 30.7 Å². The van der Waals surface area contributed by atoms with E-state index in [4.69, 9.17) is 4.99 Å². The number of hydrogen-bond donors (Lipinski definition) is 2. The van der Waals surface area contributed by atoms with E-state index in [1.54, 1.807) is 0 Å². The van der Waals surface area contributed by atoms with Crippen LogP contribution in [-0.2, 0) is 13.1 Å². The second kappa shape index (κ2) is 11.1. The van der Waals surface area contributed by atoms with Gasteiger partial charge in [0, 0.05) is 25.7 Å². The molecule has 146 valence electrons. The average Bonchev–Trinajstić information content (AvgIpc) is 3.45. The second-order valence-corrected chi connectivity index (χ2v) is 7.60. The van der Waals surface area contributed by atoms with Crippen LogP contribution in [-0.4, -0.2) is 36.5 Å². The van der Waals surface area contributed by atoms with Crippen LogP contribution in [0.5, 0.6) is 0 Å². The topological polar surface area (TPSA) is 39.7 Å². The zero-order valence-corrected chi connectivity index (χ0v) is 18.7. The van der Waals surface area contributed by atoms with Crippen LogP contribution < -0.4 is 10.6 Å². The Balaban J connectivity index is 0.00000243. The molecule has 0 amide bonds. The number of piperidine rings is 1. The van der Waals surface area contributed by atoms with Gasteiger partial charge < -0.3 is 10.6 Å². The molecule has 1 saturated heterocycles. The maximum Gasteiger partial charge on any atom is 0.191 e. The first-order chi connectivity index (χ1) is 12.3. The van der Waals surface area contributed by atoms with E-state index in [-0.39, 0.29) is 24.0 Å². The zero-order valence-electron chi connectivity index (χ0n) is 16.3. The number of rotatable bonds is 7. The number of aliphatic imine (C=N–C) groups is 1. The van der Waals surface area contributed by atoms with Crippen molar-refractivity contribution in [2.75, 3.05) is 19.6 Å². The Morgan fingerprint density at radius 2 is 1.88 bits per heavy atom. The van der Waals surface area contributed by atoms with Crippen LogP contribution in [0.15, 0.2) is 29.3 Å². The molecular formula is C21H35IN4. The summed E-state index contributed by atoms with van der Waals surface area (Å²) in [5, 5.41) is 6.86. The molecule has 2 fully saturated rings. The Morgan fingerprint density at radius 3 is 2.58 bits per heavy atom. The third-order valence-corrected chi connectivity index (χ3v) is 5.44. The van der Waals surface area contributed by atoms with E-state index in [0.29, 0.717) is 6.04 Å². The van der Waals surface area contributed by atoms with Gasteiger partial charge in [-0.2, -0.15) is 0 Å². The van der Waals surface area contributed by atoms with Crippen LogP contribution >= 0.6 is 24.0 Å². The summed E-state index contributed by atoms with van der Waals surface area (Å²) >= 11 is 0. The van der Waals surface area contributed by atoms with Crippen molar-refractivity contribution in [3.05, 3.63) is 35.4 Å². The molecule has 2 aliphatic rings. The van der Waals surface area contributed by atoms with Gasteiger partial charge >= 0.3 is 0 Å². The summed E-state index contributed by atoms with van der Waals surface area (Å²) in [6.45, 7) is 9.48. The first-order valence-electron chi connectivity index (χ1n) is 10.1. The molecule has 1 unspecified atom stereocenters. The van der Waals surface area contributed by atoms with E-state index in [0.717, 1.165) is 38.1 Å². The molecule has 1 atom stereocenters. The van der Waals surface area contributed by atoms with Gasteiger partial charge in [-0.05, 0) is 63.1 Å². The minimum absolute atomic E-state index is 0. The zero-order chi connectivity index (χ0) is 17.5. The van der Waals surface area contributed by atoms with Gasteiger partial charge in [-0.25, -0.2) is 4.99 Å². The highest BCUT2D eigenvalue weighted by molar-refractivity contribution is 14.0. The molecule has 1 aliphatic carbocycles. The van der Waals surface area contributed by atoms with E-state index >= 15 is 0 Å². The number of nitrogens with one attached hydrogen (secondary N) is 2. The molecule has 2 N–H and O–H groups in total. The highest BCUT2D eigenvalue weighted by Gasteiger charge is 2.21. The van der Waals surface area contributed by atoms with Crippen molar-refractivity contribution >= 4 is 29.9 Å². The van der Waals surface area contributed by atoms with Crippen molar-refractivity contribution in [1.29, 1.82) is 0 Å². The third-order valence-electron chi connectivity index (χ3n) is 5.44. The van der Waals surface area contributed by atoms with Gasteiger partial charge in [-0.15, -0.1) is 24.0 Å². The van der Waals surface area contributed by atoms with E-state index < -0.39 is 0 Å². The summed E-state index contributed by atoms with van der Waals surface area (Å²) in [5.41, 5.74) is 2.78. The number of hydrogen-bond acceptors (Lipinski definition) is 2. The molecule has 1 aliphatic heterocycles. The molecule has 1 saturated carbocycles. The van der Waals surface area contributed by atoms with E-state index in [1.165, 1.54) is 49.8 Å². The smallest absolute Gasteiger partial charge is 0.191 e. The lowest BCUT2D eigenvalue weighted by molar-refractivity contribution is 0.152. The fraction of sp³-hybridized carbons (Fsp3) is 0.667. The Bertz CT molecular complexity index is 571. The lowest BCUT2D eigenvalue weighted by Gasteiger charge is -2.33. The normalized spacial score (nSPS) is 21.2. The fourth-order valence-corrected chi connectivity index (χ4v) is 3.55. The van der Waals surface area contributed by atoms with Crippen LogP contribution in [0.25, 0.3) is 0 Å². The maximum absolute atomic E-state index is 4.83. The predicted octanol–water partition coefficient (Wildman–Crippen LogP) is 4.14. The number of halogens is 1. The molecular weight excluding hydrogens is 435 g/mol. The fourth-order valence-electron chi connectivity index (χ4n) is 3.55. The van der Waals surface area contributed by atoms with Crippen molar-refractivity contribution < 1.29 is 0 Å². The number of guanidine groups is 1. The van der Waals surface area contributed by atoms with Gasteiger partial charge in [0.1, 0.15) is 0 Å². The van der Waals surface area contributed by atoms with Gasteiger partial charge in [0.15, 0.2) is 5.96 Å². The van der Waals surface area contributed by atoms with Crippen LogP contribution in [0.3, 0.4) is 0 Å². The Morgan fingerprint density at radius 1 is 1.12 bits per heavy atom. The van der Waals surface area contributed by atoms with Crippen molar-refractivity contribution in [2.24, 2.45) is 10.9 Å². The lowest BCUT2D eigenvalue weighted by atomic mass is 10.0. The summed E-state index contributed by atoms with van der Waals surface area (Å²) in [6.07, 6.45) is 6.77. The molecule has 5 heteroatoms. The average molecular weight is 470 g/mol. The predicted molar refractivity (Wildman–Crippen MR) is 121 cm³/mol. The molecule has 0 aromatic heterocycles. The molecule has 3 rings (SSSR count). The largest absolute Gasteiger partial charge is 0.357 e. The van der Waals surface area contributed by atoms with E-state index in [2.05, 4.69) is 53.6 Å². The van der Waals surface area contributed by atoms with E-state index in [1.807, 2.05) is 0 Å². The second-order valence-electron chi connectivity index (χ2n) is 7.60. The van der Waals surface area contributed by atoms with Crippen molar-refractivity contribution in [1.82, 2.24) is 15.5 Å². The standard InChI is InChI=1S/C21H34N4.HI/c1-3-22-21(23-14-18-11-12-18)24-15-19-9-4-5-10-20(19)16-25-13-7-6-8-17(25)2;/h4-5,9-10,17-18H,3,6-8,11-16H2,1-2H3,(H2,22,23,24);1H. The molecule has 4 nitrogen and oxygen atoms in total. The van der Waals surface area contributed by atoms with Crippen molar-refractivity contribution in [3.63, 3.8) is 0 Å². The van der Waals surface area contributed by atoms with Crippen molar-refractivity contribution in [3.8, 4) is 0 Å². The van der Waals surface area contributed by atoms with Crippen LogP contribution in [0, 0.1) is 5.92 Å². The van der Waals surface area contributed by atoms with Crippen LogP contribution in [0.4, 0.5) is 0 Å². The SMILES string of the molecule is CCNC(=NCc1ccccc1CN1CCCCC1C)NCC1CC1.I. The van der Waals surface area contributed by atoms with E-state index in [9.17, 15) is 0 Å². The summed E-state index contributed by atoms with van der Waals surface area (Å²) in [5.74, 6) is 1.81. The van der Waals surface area contributed by atoms with Crippen LogP contribution in [0.1, 0.15) is 57.1 Å². The summed E-state index contributed by atoms with van der Waals surface area (Å²) in [6, 6.07) is 9.50. The van der Waals surface area contributed by atoms with Crippen molar-refractivity contribution in [2.45, 2.75) is 65.1 Å². The van der Waals surface area contributed by atoms with Gasteiger partial charge in [-0.3, -0.25) is 4.90 Å². The Kier molecular flexibility index (Phi) is 9.19. The number of likely N-dealkylation sites (tertiary alicyclic amines) is 1. The summed E-state index contributed by atoms with van der Waals surface area (Å²) in [7, 11) is 0. The Labute approximate surface area is 176 Å². The third kappa shape index (κ3) is 6.72. The lowest BCUT2D eigenvalue weighted by Crippen LogP contribution is -2.38. The number of nitrogens with zero attached hydrogens (tertiary/aromatic N) is 2. The summed E-state index contributed by atoms with van der Waals surface area (Å²) in [4.78, 5) is 7.46. The molecule has 1 aromatic rings. The Hall–Kier alpha value is -0.820. The molecule has 1 aromatic carbocycles. The maximum atomic E-state index is 4.83. The minimum atomic E-state index is 0. The molecule has 0 spiro atoms. The summed E-state index contributed by atoms with van der Waals surface area (Å²) < 4.78 is 0. The van der Waals surface area contributed by atoms with Gasteiger partial charge in [0.25, 0.3) is 0 Å². The van der Waals surface area contributed by atoms with Crippen LogP contribution in [0.2, 0.25) is 0 Å². The molecule has 0 bridgehead atoms. The van der Waals surface area contributed by atoms with Gasteiger partial charge in [0.2, 0.25) is 0 Å². The molecule has 26 heavy (non-hydrogen) atoms. The molecule has 0 radical (unpaired) electrons. The van der Waals surface area contributed by atoms with Gasteiger partial charge in [0.05, 0.1) is 6.54 Å². The number of benzene rings is 1. The monoisotopic (exact) mass is 470 g/mol. The quantitative estimate of drug-likeness (QED) is 0.358. The minimum Gasteiger partial charge on any atom is -0.357 e. The first kappa shape index (κ1) is 21.5. The first-order valence-corrected chi connectivity index (χ1v) is 10.1. The highest BCUT2D eigenvalue weighted by Crippen LogP contribution is 2.27. The highest BCUT2D eigenvalue weighted by atomic mass is 127.